The summed E-state index contributed by atoms with van der Waals surface area (Å²) in [7, 11) is 0. The van der Waals surface area contributed by atoms with Crippen LogP contribution in [0.15, 0.2) is 30.3 Å². The van der Waals surface area contributed by atoms with Gasteiger partial charge in [0, 0.05) is 19.2 Å². The zero-order valence-electron chi connectivity index (χ0n) is 13.2. The molecule has 1 aliphatic rings. The summed E-state index contributed by atoms with van der Waals surface area (Å²) in [5.74, 6) is 0.856. The lowest BCUT2D eigenvalue weighted by Gasteiger charge is -2.27. The number of hydrogen-bond donors (Lipinski definition) is 1. The fourth-order valence-electron chi connectivity index (χ4n) is 2.45. The van der Waals surface area contributed by atoms with Crippen LogP contribution < -0.4 is 5.32 Å². The first-order valence-electron chi connectivity index (χ1n) is 7.91. The fraction of sp³-hybridized carbons (Fsp3) is 0.667. The van der Waals surface area contributed by atoms with Crippen LogP contribution >= 0.6 is 0 Å². The lowest BCUT2D eigenvalue weighted by molar-refractivity contribution is 0.122. The van der Waals surface area contributed by atoms with Crippen molar-refractivity contribution in [3.05, 3.63) is 35.9 Å². The van der Waals surface area contributed by atoms with Gasteiger partial charge in [0.15, 0.2) is 0 Å². The average Bonchev–Trinajstić information content (AvgIpc) is 3.21. The van der Waals surface area contributed by atoms with Gasteiger partial charge in [-0.25, -0.2) is 0 Å². The summed E-state index contributed by atoms with van der Waals surface area (Å²) in [5, 5.41) is 3.66. The molecule has 2 heteroatoms. The van der Waals surface area contributed by atoms with E-state index < -0.39 is 0 Å². The maximum atomic E-state index is 5.71. The highest BCUT2D eigenvalue weighted by Crippen LogP contribution is 2.30. The summed E-state index contributed by atoms with van der Waals surface area (Å²) in [6.07, 6.45) is 3.87. The van der Waals surface area contributed by atoms with E-state index in [0.717, 1.165) is 32.1 Å². The molecular formula is C18H29NO. The molecule has 1 aromatic rings. The Hall–Kier alpha value is -0.860. The summed E-state index contributed by atoms with van der Waals surface area (Å²) < 4.78 is 5.71. The molecule has 0 amide bonds. The monoisotopic (exact) mass is 275 g/mol. The molecule has 0 spiro atoms. The van der Waals surface area contributed by atoms with Gasteiger partial charge in [-0.15, -0.1) is 0 Å². The van der Waals surface area contributed by atoms with E-state index in [9.17, 15) is 0 Å². The molecule has 1 unspecified atom stereocenters. The third-order valence-corrected chi connectivity index (χ3v) is 3.71. The number of ether oxygens (including phenoxy) is 1. The van der Waals surface area contributed by atoms with Crippen LogP contribution in [0.5, 0.6) is 0 Å². The smallest absolute Gasteiger partial charge is 0.0591 e. The van der Waals surface area contributed by atoms with Gasteiger partial charge in [0.2, 0.25) is 0 Å². The van der Waals surface area contributed by atoms with Crippen molar-refractivity contribution in [2.45, 2.75) is 46.1 Å². The fourth-order valence-corrected chi connectivity index (χ4v) is 2.45. The second-order valence-corrected chi connectivity index (χ2v) is 7.20. The van der Waals surface area contributed by atoms with Crippen LogP contribution in [-0.2, 0) is 4.74 Å². The van der Waals surface area contributed by atoms with Crippen LogP contribution in [0.25, 0.3) is 0 Å². The molecule has 112 valence electrons. The number of nitrogens with one attached hydrogen (secondary N) is 1. The first-order valence-corrected chi connectivity index (χ1v) is 7.91. The normalized spacial score (nSPS) is 17.1. The van der Waals surface area contributed by atoms with Gasteiger partial charge in [0.05, 0.1) is 6.61 Å². The third-order valence-electron chi connectivity index (χ3n) is 3.71. The van der Waals surface area contributed by atoms with Crippen molar-refractivity contribution in [3.8, 4) is 0 Å². The molecular weight excluding hydrogens is 246 g/mol. The molecule has 0 saturated heterocycles. The largest absolute Gasteiger partial charge is 0.380 e. The lowest BCUT2D eigenvalue weighted by Crippen LogP contribution is -2.28. The zero-order valence-corrected chi connectivity index (χ0v) is 13.2. The molecule has 20 heavy (non-hydrogen) atoms. The second-order valence-electron chi connectivity index (χ2n) is 7.20. The minimum absolute atomic E-state index is 0.322. The Morgan fingerprint density at radius 3 is 2.50 bits per heavy atom. The Balaban J connectivity index is 1.79. The minimum atomic E-state index is 0.322. The van der Waals surface area contributed by atoms with E-state index in [2.05, 4.69) is 56.4 Å². The Morgan fingerprint density at radius 1 is 1.20 bits per heavy atom. The summed E-state index contributed by atoms with van der Waals surface area (Å²) in [5.41, 5.74) is 1.70. The molecule has 1 N–H and O–H groups in total. The van der Waals surface area contributed by atoms with Gasteiger partial charge >= 0.3 is 0 Å². The average molecular weight is 275 g/mol. The molecule has 0 radical (unpaired) electrons. The van der Waals surface area contributed by atoms with E-state index in [1.54, 1.807) is 0 Å². The standard InChI is InChI=1S/C18H29NO/c1-18(2,3)13-17(16-7-5-4-6-8-16)19-11-12-20-14-15-9-10-15/h4-8,15,17,19H,9-14H2,1-3H3. The van der Waals surface area contributed by atoms with E-state index >= 15 is 0 Å². The quantitative estimate of drug-likeness (QED) is 0.719. The molecule has 1 fully saturated rings. The lowest BCUT2D eigenvalue weighted by atomic mass is 9.85. The van der Waals surface area contributed by atoms with Gasteiger partial charge in [0.1, 0.15) is 0 Å². The summed E-state index contributed by atoms with van der Waals surface area (Å²) in [4.78, 5) is 0. The first-order chi connectivity index (χ1) is 9.54. The first kappa shape index (κ1) is 15.5. The van der Waals surface area contributed by atoms with Crippen LogP contribution in [0, 0.1) is 11.3 Å². The molecule has 1 atom stereocenters. The van der Waals surface area contributed by atoms with Crippen LogP contribution in [0.4, 0.5) is 0 Å². The van der Waals surface area contributed by atoms with E-state index in [0.29, 0.717) is 11.5 Å². The van der Waals surface area contributed by atoms with Crippen molar-refractivity contribution >= 4 is 0 Å². The Morgan fingerprint density at radius 2 is 1.90 bits per heavy atom. The number of rotatable bonds is 8. The predicted molar refractivity (Wildman–Crippen MR) is 84.8 cm³/mol. The van der Waals surface area contributed by atoms with Crippen LogP contribution in [-0.4, -0.2) is 19.8 Å². The number of hydrogen-bond acceptors (Lipinski definition) is 2. The van der Waals surface area contributed by atoms with Crippen molar-refractivity contribution in [1.82, 2.24) is 5.32 Å². The third kappa shape index (κ3) is 6.06. The van der Waals surface area contributed by atoms with Gasteiger partial charge in [0.25, 0.3) is 0 Å². The van der Waals surface area contributed by atoms with Crippen LogP contribution in [0.1, 0.15) is 51.6 Å². The second kappa shape index (κ2) is 7.24. The molecule has 1 saturated carbocycles. The Kier molecular flexibility index (Phi) is 5.62. The van der Waals surface area contributed by atoms with E-state index in [1.807, 2.05) is 0 Å². The highest BCUT2D eigenvalue weighted by molar-refractivity contribution is 5.19. The number of benzene rings is 1. The maximum Gasteiger partial charge on any atom is 0.0591 e. The predicted octanol–water partition coefficient (Wildman–Crippen LogP) is 4.18. The van der Waals surface area contributed by atoms with Crippen molar-refractivity contribution in [2.24, 2.45) is 11.3 Å². The van der Waals surface area contributed by atoms with Gasteiger partial charge in [-0.2, -0.15) is 0 Å². The highest BCUT2D eigenvalue weighted by atomic mass is 16.5. The van der Waals surface area contributed by atoms with Crippen molar-refractivity contribution in [3.63, 3.8) is 0 Å². The topological polar surface area (TPSA) is 21.3 Å². The van der Waals surface area contributed by atoms with Crippen LogP contribution in [0.2, 0.25) is 0 Å². The zero-order chi connectivity index (χ0) is 14.4. The van der Waals surface area contributed by atoms with Gasteiger partial charge in [-0.1, -0.05) is 51.1 Å². The Bertz CT molecular complexity index is 378. The van der Waals surface area contributed by atoms with Crippen molar-refractivity contribution in [2.75, 3.05) is 19.8 Å². The van der Waals surface area contributed by atoms with Crippen molar-refractivity contribution in [1.29, 1.82) is 0 Å². The van der Waals surface area contributed by atoms with Gasteiger partial charge < -0.3 is 10.1 Å². The van der Waals surface area contributed by atoms with E-state index in [4.69, 9.17) is 4.74 Å². The summed E-state index contributed by atoms with van der Waals surface area (Å²) in [6, 6.07) is 11.2. The molecule has 1 aliphatic carbocycles. The molecule has 0 aromatic heterocycles. The SMILES string of the molecule is CC(C)(C)CC(NCCOCC1CC1)c1ccccc1. The molecule has 2 rings (SSSR count). The molecule has 0 heterocycles. The minimum Gasteiger partial charge on any atom is -0.380 e. The molecule has 2 nitrogen and oxygen atoms in total. The molecule has 0 aliphatic heterocycles. The van der Waals surface area contributed by atoms with Crippen LogP contribution in [0.3, 0.4) is 0 Å². The highest BCUT2D eigenvalue weighted by Gasteiger charge is 2.21. The molecule has 1 aromatic carbocycles. The van der Waals surface area contributed by atoms with E-state index in [1.165, 1.54) is 18.4 Å². The maximum absolute atomic E-state index is 5.71. The van der Waals surface area contributed by atoms with E-state index in [-0.39, 0.29) is 0 Å². The summed E-state index contributed by atoms with van der Waals surface area (Å²) in [6.45, 7) is 9.61. The van der Waals surface area contributed by atoms with Crippen molar-refractivity contribution < 1.29 is 4.74 Å². The summed E-state index contributed by atoms with van der Waals surface area (Å²) >= 11 is 0. The van der Waals surface area contributed by atoms with Gasteiger partial charge in [-0.3, -0.25) is 0 Å². The Labute approximate surface area is 123 Å². The van der Waals surface area contributed by atoms with Gasteiger partial charge in [-0.05, 0) is 36.2 Å². The molecule has 0 bridgehead atoms.